The fourth-order valence-corrected chi connectivity index (χ4v) is 8.58. The zero-order valence-corrected chi connectivity index (χ0v) is 49.5. The van der Waals surface area contributed by atoms with Gasteiger partial charge in [0.15, 0.2) is 6.10 Å². The molecule has 9 nitrogen and oxygen atoms in total. The molecule has 0 aromatic carbocycles. The first kappa shape index (κ1) is 72.9. The largest absolute Gasteiger partial charge is 0.472 e. The molecule has 0 aliphatic heterocycles. The molecule has 0 aromatic rings. The number of rotatable bonds is 55. The second kappa shape index (κ2) is 61.1. The van der Waals surface area contributed by atoms with Gasteiger partial charge in [-0.2, -0.15) is 0 Å². The molecule has 436 valence electrons. The van der Waals surface area contributed by atoms with Crippen molar-refractivity contribution < 1.29 is 37.6 Å². The maximum Gasteiger partial charge on any atom is 0.472 e. The third-order valence-electron chi connectivity index (χ3n) is 12.2. The zero-order valence-electron chi connectivity index (χ0n) is 48.6. The smallest absolute Gasteiger partial charge is 0.462 e. The minimum atomic E-state index is -4.41. The highest BCUT2D eigenvalue weighted by Crippen LogP contribution is 2.43. The second-order valence-corrected chi connectivity index (χ2v) is 20.9. The molecule has 77 heavy (non-hydrogen) atoms. The maximum atomic E-state index is 12.7. The van der Waals surface area contributed by atoms with Crippen LogP contribution in [0.4, 0.5) is 0 Å². The number of hydrogen-bond donors (Lipinski definition) is 2. The average molecular weight is 1090 g/mol. The van der Waals surface area contributed by atoms with Crippen LogP contribution in [0.25, 0.3) is 0 Å². The summed E-state index contributed by atoms with van der Waals surface area (Å²) in [6.07, 6.45) is 87.7. The lowest BCUT2D eigenvalue weighted by Crippen LogP contribution is -2.29. The fraction of sp³-hybridized carbons (Fsp3) is 0.612. The van der Waals surface area contributed by atoms with Gasteiger partial charge in [-0.1, -0.05) is 250 Å². The minimum Gasteiger partial charge on any atom is -0.462 e. The Kier molecular flexibility index (Phi) is 57.8. The number of phosphoric ester groups is 1. The van der Waals surface area contributed by atoms with Crippen LogP contribution in [0.15, 0.2) is 146 Å². The van der Waals surface area contributed by atoms with Crippen molar-refractivity contribution in [1.82, 2.24) is 0 Å². The average Bonchev–Trinajstić information content (AvgIpc) is 3.42. The molecular formula is C67H110NO8P. The van der Waals surface area contributed by atoms with E-state index in [2.05, 4.69) is 160 Å². The summed E-state index contributed by atoms with van der Waals surface area (Å²) in [7, 11) is -4.41. The Morgan fingerprint density at radius 1 is 0.390 bits per heavy atom. The first-order valence-electron chi connectivity index (χ1n) is 30.3. The molecule has 0 heterocycles. The van der Waals surface area contributed by atoms with Crippen molar-refractivity contribution in [1.29, 1.82) is 0 Å². The molecule has 10 heteroatoms. The molecule has 0 saturated carbocycles. The van der Waals surface area contributed by atoms with Gasteiger partial charge in [-0.15, -0.1) is 0 Å². The number of carbonyl (C=O) groups is 2. The van der Waals surface area contributed by atoms with Crippen LogP contribution in [-0.2, 0) is 32.7 Å². The number of hydrogen-bond acceptors (Lipinski definition) is 8. The molecule has 0 rings (SSSR count). The van der Waals surface area contributed by atoms with Gasteiger partial charge in [0.1, 0.15) is 6.61 Å². The monoisotopic (exact) mass is 1090 g/mol. The lowest BCUT2D eigenvalue weighted by molar-refractivity contribution is -0.161. The maximum absolute atomic E-state index is 12.7. The van der Waals surface area contributed by atoms with E-state index in [-0.39, 0.29) is 32.6 Å². The van der Waals surface area contributed by atoms with E-state index < -0.39 is 32.5 Å². The van der Waals surface area contributed by atoms with Gasteiger partial charge in [0.25, 0.3) is 0 Å². The van der Waals surface area contributed by atoms with Crippen molar-refractivity contribution in [2.75, 3.05) is 26.4 Å². The van der Waals surface area contributed by atoms with E-state index in [9.17, 15) is 19.0 Å². The van der Waals surface area contributed by atoms with Crippen molar-refractivity contribution in [3.63, 3.8) is 0 Å². The van der Waals surface area contributed by atoms with Gasteiger partial charge in [-0.3, -0.25) is 18.6 Å². The molecule has 0 saturated heterocycles. The summed E-state index contributed by atoms with van der Waals surface area (Å²) in [6, 6.07) is 0. The molecule has 0 spiro atoms. The third kappa shape index (κ3) is 61.0. The van der Waals surface area contributed by atoms with Gasteiger partial charge in [-0.05, 0) is 116 Å². The Hall–Kier alpha value is -4.11. The van der Waals surface area contributed by atoms with Crippen molar-refractivity contribution in [3.8, 4) is 0 Å². The summed E-state index contributed by atoms with van der Waals surface area (Å²) in [5, 5.41) is 0. The molecule has 3 N–H and O–H groups in total. The number of phosphoric acid groups is 1. The van der Waals surface area contributed by atoms with E-state index in [4.69, 9.17) is 24.3 Å². The van der Waals surface area contributed by atoms with Crippen molar-refractivity contribution in [2.45, 2.75) is 238 Å². The van der Waals surface area contributed by atoms with Gasteiger partial charge < -0.3 is 20.1 Å². The molecule has 0 bridgehead atoms. The van der Waals surface area contributed by atoms with Crippen LogP contribution in [-0.4, -0.2) is 49.3 Å². The zero-order chi connectivity index (χ0) is 55.9. The summed E-state index contributed by atoms with van der Waals surface area (Å²) < 4.78 is 33.0. The van der Waals surface area contributed by atoms with Crippen molar-refractivity contribution in [3.05, 3.63) is 146 Å². The third-order valence-corrected chi connectivity index (χ3v) is 13.2. The predicted molar refractivity (Wildman–Crippen MR) is 330 cm³/mol. The summed E-state index contributed by atoms with van der Waals surface area (Å²) in [5.41, 5.74) is 5.38. The molecule has 0 aliphatic rings. The normalized spacial score (nSPS) is 14.1. The second-order valence-electron chi connectivity index (χ2n) is 19.5. The molecule has 2 unspecified atom stereocenters. The quantitative estimate of drug-likeness (QED) is 0.0264. The molecule has 0 amide bonds. The molecule has 0 aromatic heterocycles. The van der Waals surface area contributed by atoms with E-state index in [1.54, 1.807) is 0 Å². The summed E-state index contributed by atoms with van der Waals surface area (Å²) in [4.78, 5) is 35.2. The highest BCUT2D eigenvalue weighted by atomic mass is 31.2. The topological polar surface area (TPSA) is 134 Å². The Bertz CT molecular complexity index is 1770. The number of carbonyl (C=O) groups excluding carboxylic acids is 2. The lowest BCUT2D eigenvalue weighted by Gasteiger charge is -2.19. The first-order valence-corrected chi connectivity index (χ1v) is 31.8. The fourth-order valence-electron chi connectivity index (χ4n) is 7.82. The van der Waals surface area contributed by atoms with E-state index in [1.165, 1.54) is 89.9 Å². The first-order chi connectivity index (χ1) is 37.8. The van der Waals surface area contributed by atoms with E-state index in [0.717, 1.165) is 109 Å². The standard InChI is InChI=1S/C67H110NO8P/c1-3-5-7-9-11-13-15-17-19-21-23-25-27-29-31-32-34-35-37-39-41-43-45-47-49-51-53-55-57-59-66(69)73-63-65(64-75-77(71,72)74-62-61-68)76-67(70)60-58-56-54-52-50-48-46-44-42-40-38-36-33-30-28-26-24-22-20-18-16-14-12-10-8-6-4-2/h5-8,11-14,17-20,23-26,30,33,38,40,44,46,50,52,65H,3-4,9-10,15-16,21-22,27-29,31-32,34-37,39,41-43,45,47-49,51,53-64,68H2,1-2H3,(H,71,72)/b7-5-,8-6-,13-11-,14-12-,19-17-,20-18-,25-23-,26-24-,33-30-,40-38-,46-44-,52-50-. The van der Waals surface area contributed by atoms with Crippen LogP contribution in [0, 0.1) is 0 Å². The number of allylic oxidation sites excluding steroid dienone is 24. The van der Waals surface area contributed by atoms with Gasteiger partial charge >= 0.3 is 19.8 Å². The Morgan fingerprint density at radius 2 is 0.675 bits per heavy atom. The van der Waals surface area contributed by atoms with E-state index in [0.29, 0.717) is 6.42 Å². The molecule has 2 atom stereocenters. The highest BCUT2D eigenvalue weighted by Gasteiger charge is 2.26. The van der Waals surface area contributed by atoms with Crippen LogP contribution in [0.3, 0.4) is 0 Å². The summed E-state index contributed by atoms with van der Waals surface area (Å²) in [6.45, 7) is 3.46. The van der Waals surface area contributed by atoms with E-state index >= 15 is 0 Å². The Morgan fingerprint density at radius 3 is 1.03 bits per heavy atom. The van der Waals surface area contributed by atoms with Gasteiger partial charge in [0.05, 0.1) is 13.2 Å². The number of unbranched alkanes of at least 4 members (excludes halogenated alkanes) is 18. The lowest BCUT2D eigenvalue weighted by atomic mass is 10.0. The summed E-state index contributed by atoms with van der Waals surface area (Å²) in [5.74, 6) is -0.886. The number of ether oxygens (including phenoxy) is 2. The Balaban J connectivity index is 4.06. The Labute approximate surface area is 471 Å². The molecule has 0 radical (unpaired) electrons. The van der Waals surface area contributed by atoms with Crippen LogP contribution < -0.4 is 5.73 Å². The van der Waals surface area contributed by atoms with Gasteiger partial charge in [0.2, 0.25) is 0 Å². The van der Waals surface area contributed by atoms with Crippen LogP contribution in [0.1, 0.15) is 232 Å². The van der Waals surface area contributed by atoms with Crippen molar-refractivity contribution in [2.24, 2.45) is 5.73 Å². The van der Waals surface area contributed by atoms with Crippen LogP contribution >= 0.6 is 7.82 Å². The molecule has 0 fully saturated rings. The molecular weight excluding hydrogens is 978 g/mol. The van der Waals surface area contributed by atoms with Crippen LogP contribution in [0.5, 0.6) is 0 Å². The molecule has 0 aliphatic carbocycles. The number of esters is 2. The highest BCUT2D eigenvalue weighted by molar-refractivity contribution is 7.47. The van der Waals surface area contributed by atoms with Crippen molar-refractivity contribution >= 4 is 19.8 Å². The van der Waals surface area contributed by atoms with Crippen LogP contribution in [0.2, 0.25) is 0 Å². The van der Waals surface area contributed by atoms with Gasteiger partial charge in [-0.25, -0.2) is 4.57 Å². The SMILES string of the molecule is CC/C=C\C/C=C\C/C=C\C/C=C\C/C=C\C/C=C\C/C=C\C/C=C\CCCCC(=O)OC(COC(=O)CCCCCCCCCCCCCCCCCC/C=C\C/C=C\C/C=C\C/C=C\CC)COP(=O)(O)OCCN. The summed E-state index contributed by atoms with van der Waals surface area (Å²) >= 11 is 0. The predicted octanol–water partition coefficient (Wildman–Crippen LogP) is 19.5. The van der Waals surface area contributed by atoms with Gasteiger partial charge in [0, 0.05) is 19.4 Å². The number of nitrogens with two attached hydrogens (primary N) is 1. The van der Waals surface area contributed by atoms with E-state index in [1.807, 2.05) is 0 Å². The minimum absolute atomic E-state index is 0.0387.